The van der Waals surface area contributed by atoms with Crippen LogP contribution in [0, 0.1) is 5.92 Å². The van der Waals surface area contributed by atoms with Gasteiger partial charge in [-0.15, -0.1) is 0 Å². The van der Waals surface area contributed by atoms with Crippen LogP contribution in [0.25, 0.3) is 0 Å². The standard InChI is InChI=1S/C14H21N3O/c15-16-14(18)13-7-4-9-17(11-13)10-8-12-5-2-1-3-6-12/h1-3,5-6,13H,4,7-11,15H2,(H,16,18). The molecule has 98 valence electrons. The zero-order valence-electron chi connectivity index (χ0n) is 10.6. The Kier molecular flexibility index (Phi) is 4.73. The second-order valence-electron chi connectivity index (χ2n) is 4.88. The van der Waals surface area contributed by atoms with Crippen LogP contribution in [0.1, 0.15) is 18.4 Å². The molecule has 1 heterocycles. The molecular weight excluding hydrogens is 226 g/mol. The Morgan fingerprint density at radius 3 is 2.89 bits per heavy atom. The number of hydrazine groups is 1. The Morgan fingerprint density at radius 1 is 1.39 bits per heavy atom. The van der Waals surface area contributed by atoms with Gasteiger partial charge in [0, 0.05) is 13.1 Å². The van der Waals surface area contributed by atoms with E-state index < -0.39 is 0 Å². The van der Waals surface area contributed by atoms with Crippen LogP contribution in [0.2, 0.25) is 0 Å². The van der Waals surface area contributed by atoms with E-state index in [9.17, 15) is 4.79 Å². The summed E-state index contributed by atoms with van der Waals surface area (Å²) in [6, 6.07) is 10.5. The molecule has 1 atom stereocenters. The zero-order valence-corrected chi connectivity index (χ0v) is 10.6. The van der Waals surface area contributed by atoms with Crippen molar-refractivity contribution in [2.45, 2.75) is 19.3 Å². The number of hydrogen-bond acceptors (Lipinski definition) is 3. The van der Waals surface area contributed by atoms with Gasteiger partial charge in [-0.05, 0) is 31.4 Å². The molecule has 1 unspecified atom stereocenters. The van der Waals surface area contributed by atoms with Crippen LogP contribution in [0.5, 0.6) is 0 Å². The third kappa shape index (κ3) is 3.55. The first-order valence-electron chi connectivity index (χ1n) is 6.56. The summed E-state index contributed by atoms with van der Waals surface area (Å²) in [6.45, 7) is 2.93. The third-order valence-electron chi connectivity index (χ3n) is 3.58. The highest BCUT2D eigenvalue weighted by atomic mass is 16.2. The second-order valence-corrected chi connectivity index (χ2v) is 4.88. The van der Waals surface area contributed by atoms with Gasteiger partial charge in [0.15, 0.2) is 0 Å². The van der Waals surface area contributed by atoms with E-state index in [0.29, 0.717) is 0 Å². The van der Waals surface area contributed by atoms with Crippen molar-refractivity contribution in [1.29, 1.82) is 0 Å². The van der Waals surface area contributed by atoms with Crippen LogP contribution in [0.3, 0.4) is 0 Å². The molecule has 1 amide bonds. The van der Waals surface area contributed by atoms with E-state index in [2.05, 4.69) is 34.6 Å². The Labute approximate surface area is 108 Å². The Bertz CT molecular complexity index is 380. The number of likely N-dealkylation sites (tertiary alicyclic amines) is 1. The smallest absolute Gasteiger partial charge is 0.238 e. The van der Waals surface area contributed by atoms with Crippen molar-refractivity contribution in [2.75, 3.05) is 19.6 Å². The van der Waals surface area contributed by atoms with Crippen LogP contribution in [0.4, 0.5) is 0 Å². The molecule has 4 heteroatoms. The molecule has 0 radical (unpaired) electrons. The molecular formula is C14H21N3O. The number of nitrogens with zero attached hydrogens (tertiary/aromatic N) is 1. The monoisotopic (exact) mass is 247 g/mol. The average molecular weight is 247 g/mol. The van der Waals surface area contributed by atoms with Gasteiger partial charge in [-0.2, -0.15) is 0 Å². The summed E-state index contributed by atoms with van der Waals surface area (Å²) in [7, 11) is 0. The molecule has 1 aliphatic heterocycles. The first-order chi connectivity index (χ1) is 8.79. The maximum Gasteiger partial charge on any atom is 0.238 e. The van der Waals surface area contributed by atoms with Crippen molar-refractivity contribution in [2.24, 2.45) is 11.8 Å². The van der Waals surface area contributed by atoms with Gasteiger partial charge in [0.25, 0.3) is 0 Å². The number of benzene rings is 1. The number of hydrogen-bond donors (Lipinski definition) is 2. The van der Waals surface area contributed by atoms with Crippen molar-refractivity contribution in [3.05, 3.63) is 35.9 Å². The fourth-order valence-electron chi connectivity index (χ4n) is 2.52. The molecule has 18 heavy (non-hydrogen) atoms. The maximum absolute atomic E-state index is 11.5. The van der Waals surface area contributed by atoms with Gasteiger partial charge in [-0.1, -0.05) is 30.3 Å². The minimum Gasteiger partial charge on any atom is -0.302 e. The summed E-state index contributed by atoms with van der Waals surface area (Å²) in [5, 5.41) is 0. The SMILES string of the molecule is NNC(=O)C1CCCN(CCc2ccccc2)C1. The quantitative estimate of drug-likeness (QED) is 0.473. The second kappa shape index (κ2) is 6.52. The average Bonchev–Trinajstić information content (AvgIpc) is 2.45. The summed E-state index contributed by atoms with van der Waals surface area (Å²) in [4.78, 5) is 13.9. The topological polar surface area (TPSA) is 58.4 Å². The van der Waals surface area contributed by atoms with Crippen molar-refractivity contribution in [1.82, 2.24) is 10.3 Å². The number of nitrogens with two attached hydrogens (primary N) is 1. The Hall–Kier alpha value is -1.39. The van der Waals surface area contributed by atoms with E-state index in [1.807, 2.05) is 6.07 Å². The van der Waals surface area contributed by atoms with Gasteiger partial charge < -0.3 is 4.90 Å². The van der Waals surface area contributed by atoms with Crippen molar-refractivity contribution in [3.8, 4) is 0 Å². The number of piperidine rings is 1. The lowest BCUT2D eigenvalue weighted by Crippen LogP contribution is -2.45. The lowest BCUT2D eigenvalue weighted by molar-refractivity contribution is -0.126. The van der Waals surface area contributed by atoms with Crippen LogP contribution < -0.4 is 11.3 Å². The van der Waals surface area contributed by atoms with Gasteiger partial charge in [0.1, 0.15) is 0 Å². The van der Waals surface area contributed by atoms with E-state index in [4.69, 9.17) is 5.84 Å². The molecule has 0 bridgehead atoms. The molecule has 0 aromatic heterocycles. The maximum atomic E-state index is 11.5. The molecule has 3 N–H and O–H groups in total. The summed E-state index contributed by atoms with van der Waals surface area (Å²) >= 11 is 0. The van der Waals surface area contributed by atoms with Crippen molar-refractivity contribution < 1.29 is 4.79 Å². The predicted octanol–water partition coefficient (Wildman–Crippen LogP) is 0.931. The molecule has 4 nitrogen and oxygen atoms in total. The predicted molar refractivity (Wildman–Crippen MR) is 71.6 cm³/mol. The van der Waals surface area contributed by atoms with Crippen LogP contribution in [-0.2, 0) is 11.2 Å². The molecule has 1 aliphatic rings. The highest BCUT2D eigenvalue weighted by molar-refractivity contribution is 5.78. The molecule has 0 aliphatic carbocycles. The van der Waals surface area contributed by atoms with E-state index in [-0.39, 0.29) is 11.8 Å². The number of rotatable bonds is 4. The van der Waals surface area contributed by atoms with Crippen LogP contribution in [-0.4, -0.2) is 30.4 Å². The molecule has 0 spiro atoms. The third-order valence-corrected chi connectivity index (χ3v) is 3.58. The lowest BCUT2D eigenvalue weighted by atomic mass is 9.97. The Balaban J connectivity index is 1.81. The van der Waals surface area contributed by atoms with Gasteiger partial charge in [-0.3, -0.25) is 10.2 Å². The van der Waals surface area contributed by atoms with Crippen molar-refractivity contribution >= 4 is 5.91 Å². The van der Waals surface area contributed by atoms with Crippen LogP contribution >= 0.6 is 0 Å². The van der Waals surface area contributed by atoms with E-state index >= 15 is 0 Å². The minimum atomic E-state index is -0.0283. The number of carbonyl (C=O) groups is 1. The van der Waals surface area contributed by atoms with Crippen molar-refractivity contribution in [3.63, 3.8) is 0 Å². The molecule has 1 aromatic carbocycles. The summed E-state index contributed by atoms with van der Waals surface area (Å²) < 4.78 is 0. The highest BCUT2D eigenvalue weighted by Crippen LogP contribution is 2.16. The molecule has 0 saturated carbocycles. The largest absolute Gasteiger partial charge is 0.302 e. The number of carbonyl (C=O) groups excluding carboxylic acids is 1. The van der Waals surface area contributed by atoms with E-state index in [1.165, 1.54) is 5.56 Å². The number of nitrogens with one attached hydrogen (secondary N) is 1. The Morgan fingerprint density at radius 2 is 2.17 bits per heavy atom. The summed E-state index contributed by atoms with van der Waals surface area (Å²) in [5.74, 6) is 5.22. The van der Waals surface area contributed by atoms with E-state index in [1.54, 1.807) is 0 Å². The highest BCUT2D eigenvalue weighted by Gasteiger charge is 2.24. The molecule has 1 aromatic rings. The van der Waals surface area contributed by atoms with Gasteiger partial charge in [-0.25, -0.2) is 5.84 Å². The summed E-state index contributed by atoms with van der Waals surface area (Å²) in [5.41, 5.74) is 3.61. The first-order valence-corrected chi connectivity index (χ1v) is 6.56. The number of amides is 1. The molecule has 1 fully saturated rings. The van der Waals surface area contributed by atoms with E-state index in [0.717, 1.165) is 38.9 Å². The fraction of sp³-hybridized carbons (Fsp3) is 0.500. The van der Waals surface area contributed by atoms with Gasteiger partial charge >= 0.3 is 0 Å². The summed E-state index contributed by atoms with van der Waals surface area (Å²) in [6.07, 6.45) is 3.07. The zero-order chi connectivity index (χ0) is 12.8. The van der Waals surface area contributed by atoms with Gasteiger partial charge in [0.05, 0.1) is 5.92 Å². The van der Waals surface area contributed by atoms with Crippen LogP contribution in [0.15, 0.2) is 30.3 Å². The minimum absolute atomic E-state index is 0.0283. The fourth-order valence-corrected chi connectivity index (χ4v) is 2.52. The van der Waals surface area contributed by atoms with Gasteiger partial charge in [0.2, 0.25) is 5.91 Å². The molecule has 2 rings (SSSR count). The normalized spacial score (nSPS) is 20.6. The first kappa shape index (κ1) is 13.1. The molecule has 1 saturated heterocycles. The lowest BCUT2D eigenvalue weighted by Gasteiger charge is -2.31.